The van der Waals surface area contributed by atoms with E-state index in [4.69, 9.17) is 21.1 Å². The lowest BCUT2D eigenvalue weighted by Crippen LogP contribution is -2.43. The number of nitrogens with one attached hydrogen (secondary N) is 1. The van der Waals surface area contributed by atoms with Gasteiger partial charge in [-0.2, -0.15) is 5.11 Å². The number of amides is 3. The Balaban J connectivity index is 1.48. The molecule has 2 atom stereocenters. The van der Waals surface area contributed by atoms with Gasteiger partial charge in [0.2, 0.25) is 5.91 Å². The number of fused-ring (bicyclic) bond motifs is 1. The van der Waals surface area contributed by atoms with Crippen LogP contribution in [0.15, 0.2) is 52.8 Å². The molecule has 0 aliphatic carbocycles. The van der Waals surface area contributed by atoms with Crippen LogP contribution in [-0.2, 0) is 14.4 Å². The molecule has 2 aromatic carbocycles. The number of imide groups is 1. The number of nitrogens with zero attached hydrogens (tertiary/aromatic N) is 4. The molecule has 2 aliphatic rings. The van der Waals surface area contributed by atoms with Crippen LogP contribution in [0.25, 0.3) is 0 Å². The lowest BCUT2D eigenvalue weighted by molar-refractivity contribution is -0.123. The molecule has 1 N–H and O–H groups in total. The zero-order valence-electron chi connectivity index (χ0n) is 16.6. The molecular weight excluding hydrogens is 426 g/mol. The van der Waals surface area contributed by atoms with Gasteiger partial charge in [0.25, 0.3) is 11.8 Å². The first-order valence-corrected chi connectivity index (χ1v) is 9.63. The second-order valence-corrected chi connectivity index (χ2v) is 7.23. The molecular formula is C20H18ClN5O5. The number of benzene rings is 2. The first-order valence-electron chi connectivity index (χ1n) is 9.25. The highest BCUT2D eigenvalue weighted by Gasteiger charge is 2.55. The summed E-state index contributed by atoms with van der Waals surface area (Å²) in [5.74, 6) is -0.468. The zero-order valence-corrected chi connectivity index (χ0v) is 17.4. The highest BCUT2D eigenvalue weighted by molar-refractivity contribution is 6.31. The van der Waals surface area contributed by atoms with Crippen LogP contribution in [-0.4, -0.2) is 55.6 Å². The van der Waals surface area contributed by atoms with Crippen molar-refractivity contribution in [1.82, 2.24) is 5.01 Å². The Bertz CT molecular complexity index is 1070. The number of methoxy groups -OCH3 is 2. The lowest BCUT2D eigenvalue weighted by Gasteiger charge is -2.20. The zero-order chi connectivity index (χ0) is 22.1. The van der Waals surface area contributed by atoms with Crippen LogP contribution < -0.4 is 19.7 Å². The van der Waals surface area contributed by atoms with Crippen molar-refractivity contribution in [3.8, 4) is 11.5 Å². The molecule has 0 saturated carbocycles. The van der Waals surface area contributed by atoms with E-state index in [1.54, 1.807) is 42.5 Å². The Kier molecular flexibility index (Phi) is 5.47. The maximum absolute atomic E-state index is 12.9. The van der Waals surface area contributed by atoms with Crippen molar-refractivity contribution in [1.29, 1.82) is 0 Å². The van der Waals surface area contributed by atoms with E-state index < -0.39 is 29.8 Å². The summed E-state index contributed by atoms with van der Waals surface area (Å²) in [5.41, 5.74) is 0.814. The number of anilines is 2. The monoisotopic (exact) mass is 443 g/mol. The van der Waals surface area contributed by atoms with Crippen molar-refractivity contribution >= 4 is 40.7 Å². The predicted octanol–water partition coefficient (Wildman–Crippen LogP) is 2.29. The van der Waals surface area contributed by atoms with Crippen molar-refractivity contribution in [3.63, 3.8) is 0 Å². The first-order chi connectivity index (χ1) is 14.9. The van der Waals surface area contributed by atoms with Crippen molar-refractivity contribution in [2.45, 2.75) is 12.1 Å². The van der Waals surface area contributed by atoms with E-state index in [9.17, 15) is 14.4 Å². The molecule has 1 fully saturated rings. The summed E-state index contributed by atoms with van der Waals surface area (Å²) in [6.07, 6.45) is 0. The average Bonchev–Trinajstić information content (AvgIpc) is 3.28. The van der Waals surface area contributed by atoms with E-state index in [-0.39, 0.29) is 6.54 Å². The summed E-state index contributed by atoms with van der Waals surface area (Å²) in [6, 6.07) is 9.28. The van der Waals surface area contributed by atoms with Gasteiger partial charge in [-0.05, 0) is 36.4 Å². The third kappa shape index (κ3) is 3.77. The Hall–Kier alpha value is -3.66. The van der Waals surface area contributed by atoms with E-state index in [1.807, 2.05) is 0 Å². The lowest BCUT2D eigenvalue weighted by atomic mass is 10.1. The van der Waals surface area contributed by atoms with E-state index in [1.165, 1.54) is 19.2 Å². The van der Waals surface area contributed by atoms with Crippen molar-refractivity contribution < 1.29 is 23.9 Å². The molecule has 3 amide bonds. The molecule has 31 heavy (non-hydrogen) atoms. The molecule has 2 aromatic rings. The predicted molar refractivity (Wildman–Crippen MR) is 111 cm³/mol. The van der Waals surface area contributed by atoms with Crippen molar-refractivity contribution in [3.05, 3.63) is 47.5 Å². The van der Waals surface area contributed by atoms with Gasteiger partial charge in [-0.3, -0.25) is 19.4 Å². The third-order valence-electron chi connectivity index (χ3n) is 4.93. The van der Waals surface area contributed by atoms with Crippen molar-refractivity contribution in [2.75, 3.05) is 31.0 Å². The third-order valence-corrected chi connectivity index (χ3v) is 5.18. The molecule has 11 heteroatoms. The number of rotatable bonds is 6. The molecule has 0 bridgehead atoms. The molecule has 0 unspecified atom stereocenters. The molecule has 10 nitrogen and oxygen atoms in total. The number of hydrogen-bond acceptors (Lipinski definition) is 8. The standard InChI is InChI=1S/C20H18ClN5O5/c1-30-13-7-8-14(15(9-13)31-2)22-16(27)10-25-18-17(23-24-25)19(28)26(20(18)29)12-5-3-11(21)4-6-12/h3-9,17-18H,10H2,1-2H3,(H,22,27)/t17-,18+/m1/s1. The normalized spacial score (nSPS) is 19.6. The number of hydrogen-bond donors (Lipinski definition) is 1. The van der Waals surface area contributed by atoms with Crippen LogP contribution >= 0.6 is 11.6 Å². The van der Waals surface area contributed by atoms with Gasteiger partial charge in [-0.1, -0.05) is 16.8 Å². The van der Waals surface area contributed by atoms with Gasteiger partial charge in [0.1, 0.15) is 18.0 Å². The van der Waals surface area contributed by atoms with Crippen LogP contribution in [0.5, 0.6) is 11.5 Å². The summed E-state index contributed by atoms with van der Waals surface area (Å²) in [4.78, 5) is 39.3. The first kappa shape index (κ1) is 20.6. The number of ether oxygens (including phenoxy) is 2. The maximum Gasteiger partial charge on any atom is 0.263 e. The van der Waals surface area contributed by atoms with Gasteiger partial charge in [-0.15, -0.1) is 0 Å². The van der Waals surface area contributed by atoms with Crippen LogP contribution in [0.2, 0.25) is 5.02 Å². The molecule has 2 aliphatic heterocycles. The highest BCUT2D eigenvalue weighted by Crippen LogP contribution is 2.33. The second-order valence-electron chi connectivity index (χ2n) is 6.79. The van der Waals surface area contributed by atoms with Crippen LogP contribution in [0.1, 0.15) is 0 Å². The summed E-state index contributed by atoms with van der Waals surface area (Å²) in [7, 11) is 2.99. The van der Waals surface area contributed by atoms with Gasteiger partial charge < -0.3 is 14.8 Å². The van der Waals surface area contributed by atoms with Gasteiger partial charge in [0, 0.05) is 11.1 Å². The summed E-state index contributed by atoms with van der Waals surface area (Å²) < 4.78 is 10.4. The fraction of sp³-hybridized carbons (Fsp3) is 0.250. The Morgan fingerprint density at radius 2 is 1.84 bits per heavy atom. The van der Waals surface area contributed by atoms with E-state index in [0.29, 0.717) is 27.9 Å². The van der Waals surface area contributed by atoms with Crippen molar-refractivity contribution in [2.24, 2.45) is 10.3 Å². The van der Waals surface area contributed by atoms with Gasteiger partial charge in [0.15, 0.2) is 12.1 Å². The molecule has 160 valence electrons. The van der Waals surface area contributed by atoms with Gasteiger partial charge >= 0.3 is 0 Å². The summed E-state index contributed by atoms with van der Waals surface area (Å²) in [6.45, 7) is -0.271. The van der Waals surface area contributed by atoms with Crippen LogP contribution in [0, 0.1) is 0 Å². The Labute approximate surface area is 182 Å². The quantitative estimate of drug-likeness (QED) is 0.685. The van der Waals surface area contributed by atoms with E-state index in [0.717, 1.165) is 4.90 Å². The molecule has 0 spiro atoms. The van der Waals surface area contributed by atoms with E-state index in [2.05, 4.69) is 15.7 Å². The molecule has 4 rings (SSSR count). The fourth-order valence-corrected chi connectivity index (χ4v) is 3.56. The largest absolute Gasteiger partial charge is 0.497 e. The number of halogens is 1. The molecule has 0 radical (unpaired) electrons. The minimum atomic E-state index is -0.994. The molecule has 1 saturated heterocycles. The maximum atomic E-state index is 12.9. The smallest absolute Gasteiger partial charge is 0.263 e. The minimum absolute atomic E-state index is 0.271. The summed E-state index contributed by atoms with van der Waals surface area (Å²) >= 11 is 5.88. The fourth-order valence-electron chi connectivity index (χ4n) is 3.44. The second kappa shape index (κ2) is 8.23. The van der Waals surface area contributed by atoms with Gasteiger partial charge in [0.05, 0.1) is 25.6 Å². The minimum Gasteiger partial charge on any atom is -0.497 e. The molecule has 0 aromatic heterocycles. The van der Waals surface area contributed by atoms with Gasteiger partial charge in [-0.25, -0.2) is 4.90 Å². The SMILES string of the molecule is COc1ccc(NC(=O)CN2N=N[C@H]3C(=O)N(c4ccc(Cl)cc4)C(=O)[C@H]32)c(OC)c1. The Morgan fingerprint density at radius 3 is 2.52 bits per heavy atom. The van der Waals surface area contributed by atoms with Crippen LogP contribution in [0.4, 0.5) is 11.4 Å². The van der Waals surface area contributed by atoms with E-state index >= 15 is 0 Å². The number of carbonyl (C=O) groups is 3. The van der Waals surface area contributed by atoms with Crippen LogP contribution in [0.3, 0.4) is 0 Å². The number of carbonyl (C=O) groups excluding carboxylic acids is 3. The average molecular weight is 444 g/mol. The topological polar surface area (TPSA) is 113 Å². The Morgan fingerprint density at radius 1 is 1.10 bits per heavy atom. The highest BCUT2D eigenvalue weighted by atomic mass is 35.5. The summed E-state index contributed by atoms with van der Waals surface area (Å²) in [5, 5.41) is 12.2. The molecule has 2 heterocycles.